The van der Waals surface area contributed by atoms with Crippen molar-refractivity contribution in [3.63, 3.8) is 0 Å². The van der Waals surface area contributed by atoms with Crippen molar-refractivity contribution in [3.05, 3.63) is 36.2 Å². The minimum absolute atomic E-state index is 0.678. The molecular weight excluding hydrogens is 238 g/mol. The Labute approximate surface area is 113 Å². The quantitative estimate of drug-likeness (QED) is 0.893. The first-order valence-corrected chi connectivity index (χ1v) is 6.55. The Bertz CT molecular complexity index is 538. The normalized spacial score (nSPS) is 10.3. The van der Waals surface area contributed by atoms with E-state index in [1.165, 1.54) is 0 Å². The highest BCUT2D eigenvalue weighted by Crippen LogP contribution is 2.27. The van der Waals surface area contributed by atoms with Gasteiger partial charge < -0.3 is 10.1 Å². The number of nitrogens with zero attached hydrogens (tertiary/aromatic N) is 2. The molecule has 19 heavy (non-hydrogen) atoms. The molecule has 0 saturated carbocycles. The van der Waals surface area contributed by atoms with E-state index in [4.69, 9.17) is 4.74 Å². The predicted octanol–water partition coefficient (Wildman–Crippen LogP) is 3.15. The number of aromatic nitrogens is 2. The molecule has 0 unspecified atom stereocenters. The summed E-state index contributed by atoms with van der Waals surface area (Å²) >= 11 is 0. The number of ether oxygens (including phenoxy) is 1. The summed E-state index contributed by atoms with van der Waals surface area (Å²) in [6, 6.07) is 8.01. The van der Waals surface area contributed by atoms with Gasteiger partial charge in [-0.1, -0.05) is 6.92 Å². The van der Waals surface area contributed by atoms with E-state index in [0.29, 0.717) is 6.61 Å². The van der Waals surface area contributed by atoms with E-state index in [1.54, 1.807) is 6.33 Å². The maximum absolute atomic E-state index is 5.45. The Morgan fingerprint density at radius 2 is 1.84 bits per heavy atom. The summed E-state index contributed by atoms with van der Waals surface area (Å²) in [7, 11) is 1.88. The topological polar surface area (TPSA) is 47.0 Å². The molecule has 1 heterocycles. The fourth-order valence-electron chi connectivity index (χ4n) is 2.09. The van der Waals surface area contributed by atoms with Crippen molar-refractivity contribution in [1.82, 2.24) is 9.97 Å². The molecule has 1 aromatic carbocycles. The third-order valence-electron chi connectivity index (χ3n) is 2.97. The van der Waals surface area contributed by atoms with Crippen LogP contribution in [0.4, 0.5) is 5.82 Å². The van der Waals surface area contributed by atoms with Crippen molar-refractivity contribution in [1.29, 1.82) is 0 Å². The zero-order valence-corrected chi connectivity index (χ0v) is 11.6. The van der Waals surface area contributed by atoms with Gasteiger partial charge in [-0.25, -0.2) is 9.97 Å². The summed E-state index contributed by atoms with van der Waals surface area (Å²) in [4.78, 5) is 8.67. The molecule has 2 rings (SSSR count). The number of rotatable bonds is 5. The van der Waals surface area contributed by atoms with Crippen LogP contribution >= 0.6 is 0 Å². The first-order valence-electron chi connectivity index (χ1n) is 6.55. The van der Waals surface area contributed by atoms with Crippen LogP contribution < -0.4 is 10.1 Å². The molecule has 2 aromatic rings. The number of hydrogen-bond acceptors (Lipinski definition) is 4. The first-order chi connectivity index (χ1) is 9.30. The predicted molar refractivity (Wildman–Crippen MR) is 77.6 cm³/mol. The second-order valence-corrected chi connectivity index (χ2v) is 4.11. The molecular formula is C15H19N3O. The van der Waals surface area contributed by atoms with Gasteiger partial charge in [0.05, 0.1) is 12.3 Å². The smallest absolute Gasteiger partial charge is 0.132 e. The first kappa shape index (κ1) is 13.3. The molecule has 0 saturated heterocycles. The molecule has 4 nitrogen and oxygen atoms in total. The molecule has 0 bridgehead atoms. The SMILES string of the molecule is CCOc1ccc(-c2ncnc(NC)c2CC)cc1. The van der Waals surface area contributed by atoms with Gasteiger partial charge in [0.2, 0.25) is 0 Å². The molecule has 1 N–H and O–H groups in total. The Hall–Kier alpha value is -2.10. The van der Waals surface area contributed by atoms with E-state index in [1.807, 2.05) is 38.2 Å². The molecule has 0 aliphatic carbocycles. The average molecular weight is 257 g/mol. The lowest BCUT2D eigenvalue weighted by Crippen LogP contribution is -2.02. The van der Waals surface area contributed by atoms with Crippen molar-refractivity contribution >= 4 is 5.82 Å². The number of hydrogen-bond donors (Lipinski definition) is 1. The van der Waals surface area contributed by atoms with E-state index in [0.717, 1.165) is 34.8 Å². The van der Waals surface area contributed by atoms with E-state index >= 15 is 0 Å². The van der Waals surface area contributed by atoms with Gasteiger partial charge in [-0.2, -0.15) is 0 Å². The monoisotopic (exact) mass is 257 g/mol. The van der Waals surface area contributed by atoms with E-state index in [9.17, 15) is 0 Å². The maximum Gasteiger partial charge on any atom is 0.132 e. The Morgan fingerprint density at radius 1 is 1.11 bits per heavy atom. The second-order valence-electron chi connectivity index (χ2n) is 4.11. The minimum atomic E-state index is 0.678. The minimum Gasteiger partial charge on any atom is -0.494 e. The summed E-state index contributed by atoms with van der Waals surface area (Å²) in [5.74, 6) is 1.77. The average Bonchev–Trinajstić information content (AvgIpc) is 2.47. The fourth-order valence-corrected chi connectivity index (χ4v) is 2.09. The van der Waals surface area contributed by atoms with Crippen LogP contribution in [0.2, 0.25) is 0 Å². The third-order valence-corrected chi connectivity index (χ3v) is 2.97. The molecule has 1 aromatic heterocycles. The maximum atomic E-state index is 5.45. The molecule has 0 fully saturated rings. The summed E-state index contributed by atoms with van der Waals surface area (Å²) in [5, 5.41) is 3.11. The van der Waals surface area contributed by atoms with Crippen LogP contribution in [0.15, 0.2) is 30.6 Å². The van der Waals surface area contributed by atoms with Gasteiger partial charge in [0.15, 0.2) is 0 Å². The van der Waals surface area contributed by atoms with Crippen molar-refractivity contribution in [2.24, 2.45) is 0 Å². The zero-order chi connectivity index (χ0) is 13.7. The molecule has 0 atom stereocenters. The van der Waals surface area contributed by atoms with Gasteiger partial charge in [-0.15, -0.1) is 0 Å². The highest BCUT2D eigenvalue weighted by Gasteiger charge is 2.10. The van der Waals surface area contributed by atoms with Gasteiger partial charge >= 0.3 is 0 Å². The summed E-state index contributed by atoms with van der Waals surface area (Å²) in [6.45, 7) is 4.77. The van der Waals surface area contributed by atoms with Crippen molar-refractivity contribution in [2.75, 3.05) is 19.0 Å². The van der Waals surface area contributed by atoms with Crippen LogP contribution in [0.3, 0.4) is 0 Å². The largest absolute Gasteiger partial charge is 0.494 e. The lowest BCUT2D eigenvalue weighted by molar-refractivity contribution is 0.340. The molecule has 100 valence electrons. The lowest BCUT2D eigenvalue weighted by atomic mass is 10.0. The number of benzene rings is 1. The van der Waals surface area contributed by atoms with Crippen LogP contribution in [0.25, 0.3) is 11.3 Å². The number of anilines is 1. The van der Waals surface area contributed by atoms with Crippen molar-refractivity contribution < 1.29 is 4.74 Å². The Kier molecular flexibility index (Phi) is 4.34. The van der Waals surface area contributed by atoms with Gasteiger partial charge in [-0.3, -0.25) is 0 Å². The van der Waals surface area contributed by atoms with Crippen LogP contribution in [-0.4, -0.2) is 23.6 Å². The van der Waals surface area contributed by atoms with Crippen molar-refractivity contribution in [3.8, 4) is 17.0 Å². The Balaban J connectivity index is 2.40. The van der Waals surface area contributed by atoms with E-state index in [-0.39, 0.29) is 0 Å². The zero-order valence-electron chi connectivity index (χ0n) is 11.6. The van der Waals surface area contributed by atoms with Crippen LogP contribution in [0, 0.1) is 0 Å². The van der Waals surface area contributed by atoms with Crippen LogP contribution in [0.5, 0.6) is 5.75 Å². The van der Waals surface area contributed by atoms with Crippen LogP contribution in [0.1, 0.15) is 19.4 Å². The number of nitrogens with one attached hydrogen (secondary N) is 1. The van der Waals surface area contributed by atoms with Crippen molar-refractivity contribution in [2.45, 2.75) is 20.3 Å². The molecule has 4 heteroatoms. The second kappa shape index (κ2) is 6.18. The summed E-state index contributed by atoms with van der Waals surface area (Å²) < 4.78 is 5.45. The van der Waals surface area contributed by atoms with Gasteiger partial charge in [0, 0.05) is 18.2 Å². The van der Waals surface area contributed by atoms with E-state index < -0.39 is 0 Å². The molecule has 0 radical (unpaired) electrons. The lowest BCUT2D eigenvalue weighted by Gasteiger charge is -2.11. The van der Waals surface area contributed by atoms with Crippen LogP contribution in [-0.2, 0) is 6.42 Å². The highest BCUT2D eigenvalue weighted by atomic mass is 16.5. The van der Waals surface area contributed by atoms with Gasteiger partial charge in [0.1, 0.15) is 17.9 Å². The van der Waals surface area contributed by atoms with E-state index in [2.05, 4.69) is 22.2 Å². The molecule has 0 amide bonds. The Morgan fingerprint density at radius 3 is 2.42 bits per heavy atom. The molecule has 0 aliphatic rings. The highest BCUT2D eigenvalue weighted by molar-refractivity contribution is 5.68. The standard InChI is InChI=1S/C15H19N3O/c1-4-13-14(17-10-18-15(13)16-3)11-6-8-12(9-7-11)19-5-2/h6-10H,4-5H2,1-3H3,(H,16,17,18). The summed E-state index contributed by atoms with van der Waals surface area (Å²) in [5.41, 5.74) is 3.19. The third kappa shape index (κ3) is 2.84. The molecule has 0 aliphatic heterocycles. The fraction of sp³-hybridized carbons (Fsp3) is 0.333. The van der Waals surface area contributed by atoms with Gasteiger partial charge in [-0.05, 0) is 37.6 Å². The van der Waals surface area contributed by atoms with Gasteiger partial charge in [0.25, 0.3) is 0 Å². The summed E-state index contributed by atoms with van der Waals surface area (Å²) in [6.07, 6.45) is 2.48. The molecule has 0 spiro atoms.